The monoisotopic (exact) mass is 415 g/mol. The highest BCUT2D eigenvalue weighted by Gasteiger charge is 2.31. The Labute approximate surface area is 168 Å². The molecule has 28 heavy (non-hydrogen) atoms. The zero-order valence-electron chi connectivity index (χ0n) is 15.5. The van der Waals surface area contributed by atoms with Gasteiger partial charge in [0.1, 0.15) is 0 Å². The van der Waals surface area contributed by atoms with Crippen LogP contribution in [0.3, 0.4) is 0 Å². The Morgan fingerprint density at radius 1 is 1.18 bits per heavy atom. The van der Waals surface area contributed by atoms with Gasteiger partial charge in [-0.2, -0.15) is 4.31 Å². The van der Waals surface area contributed by atoms with Crippen LogP contribution in [-0.4, -0.2) is 42.7 Å². The smallest absolute Gasteiger partial charge is 0.261 e. The number of amides is 1. The molecule has 0 aliphatic carbocycles. The first-order valence-corrected chi connectivity index (χ1v) is 11.5. The van der Waals surface area contributed by atoms with Gasteiger partial charge in [-0.3, -0.25) is 9.78 Å². The summed E-state index contributed by atoms with van der Waals surface area (Å²) in [5.41, 5.74) is 1.66. The summed E-state index contributed by atoms with van der Waals surface area (Å²) in [5.74, 6) is -0.0908. The molecule has 1 saturated heterocycles. The van der Waals surface area contributed by atoms with E-state index < -0.39 is 10.0 Å². The first kappa shape index (κ1) is 19.0. The van der Waals surface area contributed by atoms with E-state index in [2.05, 4.69) is 10.3 Å². The minimum Gasteiger partial charge on any atom is -0.349 e. The quantitative estimate of drug-likeness (QED) is 0.710. The molecule has 1 fully saturated rings. The number of carbonyl (C=O) groups is 1. The number of aryl methyl sites for hydroxylation is 1. The number of thiophene rings is 1. The second-order valence-electron chi connectivity index (χ2n) is 6.91. The van der Waals surface area contributed by atoms with Crippen molar-refractivity contribution in [1.29, 1.82) is 0 Å². The Morgan fingerprint density at radius 2 is 1.96 bits per heavy atom. The van der Waals surface area contributed by atoms with Gasteiger partial charge in [-0.05, 0) is 55.0 Å². The van der Waals surface area contributed by atoms with E-state index in [1.165, 1.54) is 15.6 Å². The molecule has 3 aromatic rings. The first-order chi connectivity index (χ1) is 13.5. The number of fused-ring (bicyclic) bond motifs is 1. The molecule has 0 spiro atoms. The number of carbonyl (C=O) groups excluding carboxylic acids is 1. The lowest BCUT2D eigenvalue weighted by atomic mass is 10.1. The van der Waals surface area contributed by atoms with Crippen LogP contribution >= 0.6 is 11.3 Å². The van der Waals surface area contributed by atoms with E-state index in [9.17, 15) is 13.2 Å². The summed E-state index contributed by atoms with van der Waals surface area (Å²) in [6, 6.07) is 10.6. The Bertz CT molecular complexity index is 1100. The normalized spacial score (nSPS) is 16.3. The molecule has 0 bridgehead atoms. The van der Waals surface area contributed by atoms with Gasteiger partial charge in [0.05, 0.1) is 15.3 Å². The second-order valence-corrected chi connectivity index (χ2v) is 9.76. The highest BCUT2D eigenvalue weighted by Crippen LogP contribution is 2.28. The summed E-state index contributed by atoms with van der Waals surface area (Å²) in [6.45, 7) is 2.69. The van der Waals surface area contributed by atoms with Gasteiger partial charge >= 0.3 is 0 Å². The van der Waals surface area contributed by atoms with E-state index >= 15 is 0 Å². The Kier molecular flexibility index (Phi) is 5.18. The molecule has 2 aromatic heterocycles. The third-order valence-corrected chi connectivity index (χ3v) is 7.91. The summed E-state index contributed by atoms with van der Waals surface area (Å²) in [6.07, 6.45) is 2.87. The third-order valence-electron chi connectivity index (χ3n) is 5.08. The van der Waals surface area contributed by atoms with Crippen LogP contribution in [0, 0.1) is 6.92 Å². The van der Waals surface area contributed by atoms with Crippen molar-refractivity contribution >= 4 is 38.2 Å². The van der Waals surface area contributed by atoms with Crippen molar-refractivity contribution in [3.63, 3.8) is 0 Å². The maximum atomic E-state index is 13.2. The fraction of sp³-hybridized carbons (Fsp3) is 0.300. The van der Waals surface area contributed by atoms with Crippen LogP contribution in [0.5, 0.6) is 0 Å². The molecular formula is C20H21N3O3S2. The minimum atomic E-state index is -3.62. The predicted molar refractivity (Wildman–Crippen MR) is 110 cm³/mol. The predicted octanol–water partition coefficient (Wildman–Crippen LogP) is 3.19. The molecule has 0 atom stereocenters. The van der Waals surface area contributed by atoms with Gasteiger partial charge in [-0.15, -0.1) is 11.3 Å². The van der Waals surface area contributed by atoms with Crippen molar-refractivity contribution in [2.75, 3.05) is 13.1 Å². The topological polar surface area (TPSA) is 79.4 Å². The highest BCUT2D eigenvalue weighted by atomic mass is 32.2. The molecule has 6 nitrogen and oxygen atoms in total. The fourth-order valence-electron chi connectivity index (χ4n) is 3.56. The average molecular weight is 416 g/mol. The van der Waals surface area contributed by atoms with Crippen molar-refractivity contribution in [3.05, 3.63) is 58.4 Å². The molecular weight excluding hydrogens is 394 g/mol. The van der Waals surface area contributed by atoms with E-state index in [-0.39, 0.29) is 11.9 Å². The number of sulfonamides is 1. The Balaban J connectivity index is 1.50. The van der Waals surface area contributed by atoms with Crippen LogP contribution in [-0.2, 0) is 10.0 Å². The minimum absolute atomic E-state index is 0.0162. The van der Waals surface area contributed by atoms with Gasteiger partial charge in [0.15, 0.2) is 0 Å². The van der Waals surface area contributed by atoms with E-state index in [1.54, 1.807) is 36.5 Å². The SMILES string of the molecule is Cc1ccc(S(=O)(=O)N2CCC(NC(=O)c3cccs3)CC2)c2cccnc12. The summed E-state index contributed by atoms with van der Waals surface area (Å²) >= 11 is 1.40. The van der Waals surface area contributed by atoms with E-state index in [1.807, 2.05) is 18.4 Å². The average Bonchev–Trinajstić information content (AvgIpc) is 3.24. The van der Waals surface area contributed by atoms with E-state index in [0.29, 0.717) is 46.6 Å². The summed E-state index contributed by atoms with van der Waals surface area (Å²) in [7, 11) is -3.62. The molecule has 1 amide bonds. The van der Waals surface area contributed by atoms with Gasteiger partial charge in [-0.1, -0.05) is 12.1 Å². The molecule has 0 radical (unpaired) electrons. The van der Waals surface area contributed by atoms with Gasteiger partial charge < -0.3 is 5.32 Å². The number of hydrogen-bond acceptors (Lipinski definition) is 5. The second kappa shape index (κ2) is 7.62. The van der Waals surface area contributed by atoms with E-state index in [0.717, 1.165) is 5.56 Å². The van der Waals surface area contributed by atoms with Crippen molar-refractivity contribution < 1.29 is 13.2 Å². The van der Waals surface area contributed by atoms with Crippen molar-refractivity contribution in [2.45, 2.75) is 30.7 Å². The molecule has 0 saturated carbocycles. The molecule has 0 unspecified atom stereocenters. The van der Waals surface area contributed by atoms with Crippen LogP contribution in [0.4, 0.5) is 0 Å². The van der Waals surface area contributed by atoms with Crippen LogP contribution in [0.15, 0.2) is 52.9 Å². The summed E-state index contributed by atoms with van der Waals surface area (Å²) in [5, 5.41) is 5.52. The zero-order chi connectivity index (χ0) is 19.7. The van der Waals surface area contributed by atoms with Crippen LogP contribution in [0.2, 0.25) is 0 Å². The molecule has 1 N–H and O–H groups in total. The lowest BCUT2D eigenvalue weighted by Gasteiger charge is -2.31. The third kappa shape index (κ3) is 3.55. The number of aromatic nitrogens is 1. The summed E-state index contributed by atoms with van der Waals surface area (Å²) in [4.78, 5) is 17.5. The van der Waals surface area contributed by atoms with Crippen LogP contribution < -0.4 is 5.32 Å². The van der Waals surface area contributed by atoms with Crippen molar-refractivity contribution in [3.8, 4) is 0 Å². The standard InChI is InChI=1S/C20H21N3O3S2/c1-14-6-7-18(16-4-2-10-21-19(14)16)28(25,26)23-11-8-15(9-12-23)22-20(24)17-5-3-13-27-17/h2-7,10,13,15H,8-9,11-12H2,1H3,(H,22,24). The van der Waals surface area contributed by atoms with Gasteiger partial charge in [0.25, 0.3) is 5.91 Å². The number of nitrogens with zero attached hydrogens (tertiary/aromatic N) is 2. The van der Waals surface area contributed by atoms with Gasteiger partial charge in [-0.25, -0.2) is 8.42 Å². The van der Waals surface area contributed by atoms with Crippen molar-refractivity contribution in [1.82, 2.24) is 14.6 Å². The zero-order valence-corrected chi connectivity index (χ0v) is 17.1. The number of pyridine rings is 1. The largest absolute Gasteiger partial charge is 0.349 e. The molecule has 1 aromatic carbocycles. The van der Waals surface area contributed by atoms with E-state index in [4.69, 9.17) is 0 Å². The lowest BCUT2D eigenvalue weighted by Crippen LogP contribution is -2.46. The Hall–Kier alpha value is -2.29. The molecule has 4 rings (SSSR count). The molecule has 8 heteroatoms. The molecule has 3 heterocycles. The number of benzene rings is 1. The van der Waals surface area contributed by atoms with Crippen molar-refractivity contribution in [2.24, 2.45) is 0 Å². The van der Waals surface area contributed by atoms with Gasteiger partial charge in [0, 0.05) is 30.7 Å². The fourth-order valence-corrected chi connectivity index (χ4v) is 5.84. The molecule has 1 aliphatic rings. The summed E-state index contributed by atoms with van der Waals surface area (Å²) < 4.78 is 28.0. The number of piperidine rings is 1. The maximum Gasteiger partial charge on any atom is 0.261 e. The number of nitrogens with one attached hydrogen (secondary N) is 1. The van der Waals surface area contributed by atoms with Crippen LogP contribution in [0.25, 0.3) is 10.9 Å². The highest BCUT2D eigenvalue weighted by molar-refractivity contribution is 7.89. The van der Waals surface area contributed by atoms with Crippen LogP contribution in [0.1, 0.15) is 28.1 Å². The number of rotatable bonds is 4. The number of hydrogen-bond donors (Lipinski definition) is 1. The molecule has 1 aliphatic heterocycles. The lowest BCUT2D eigenvalue weighted by molar-refractivity contribution is 0.0928. The molecule has 146 valence electrons. The Morgan fingerprint density at radius 3 is 2.68 bits per heavy atom. The first-order valence-electron chi connectivity index (χ1n) is 9.15. The van der Waals surface area contributed by atoms with Gasteiger partial charge in [0.2, 0.25) is 10.0 Å². The maximum absolute atomic E-state index is 13.2.